The average molecular weight is 326 g/mol. The highest BCUT2D eigenvalue weighted by Crippen LogP contribution is 2.26. The molecule has 1 aliphatic heterocycles. The Bertz CT molecular complexity index is 864. The molecule has 0 spiro atoms. The average Bonchev–Trinajstić information content (AvgIpc) is 3.13. The molecule has 0 aromatic carbocycles. The summed E-state index contributed by atoms with van der Waals surface area (Å²) in [6.07, 6.45) is 5.12. The van der Waals surface area contributed by atoms with E-state index in [4.69, 9.17) is 0 Å². The van der Waals surface area contributed by atoms with E-state index in [-0.39, 0.29) is 0 Å². The standard InChI is InChI=1S/C16H22N8/c1-11-8-15(24-16(19-11)17-10-18-24)22-7-5-4-6-14(22)9-23-13(3)20-12(2)21-23/h8,10,14H,4-7,9H2,1-3H3/t14-/m1/s1. The summed E-state index contributed by atoms with van der Waals surface area (Å²) in [6.45, 7) is 7.80. The van der Waals surface area contributed by atoms with Gasteiger partial charge in [-0.15, -0.1) is 0 Å². The smallest absolute Gasteiger partial charge is 0.254 e. The molecule has 8 nitrogen and oxygen atoms in total. The molecule has 0 unspecified atom stereocenters. The van der Waals surface area contributed by atoms with Gasteiger partial charge in [-0.2, -0.15) is 19.7 Å². The van der Waals surface area contributed by atoms with Crippen molar-refractivity contribution in [1.82, 2.24) is 34.3 Å². The molecule has 0 radical (unpaired) electrons. The van der Waals surface area contributed by atoms with Gasteiger partial charge in [0.25, 0.3) is 5.78 Å². The molecular formula is C16H22N8. The maximum absolute atomic E-state index is 4.53. The molecule has 1 atom stereocenters. The third kappa shape index (κ3) is 2.61. The topological polar surface area (TPSA) is 77.0 Å². The van der Waals surface area contributed by atoms with E-state index in [1.807, 2.05) is 30.0 Å². The van der Waals surface area contributed by atoms with Crippen molar-refractivity contribution in [1.29, 1.82) is 0 Å². The van der Waals surface area contributed by atoms with E-state index in [1.54, 1.807) is 6.33 Å². The van der Waals surface area contributed by atoms with Crippen molar-refractivity contribution in [2.75, 3.05) is 11.4 Å². The second-order valence-electron chi connectivity index (χ2n) is 6.46. The van der Waals surface area contributed by atoms with Crippen molar-refractivity contribution in [3.63, 3.8) is 0 Å². The van der Waals surface area contributed by atoms with Crippen LogP contribution in [0.4, 0.5) is 5.82 Å². The Morgan fingerprint density at radius 2 is 2.04 bits per heavy atom. The minimum Gasteiger partial charge on any atom is -0.352 e. The molecule has 1 aliphatic rings. The predicted molar refractivity (Wildman–Crippen MR) is 90.0 cm³/mol. The number of piperidine rings is 1. The van der Waals surface area contributed by atoms with Crippen LogP contribution in [0.2, 0.25) is 0 Å². The summed E-state index contributed by atoms with van der Waals surface area (Å²) < 4.78 is 3.86. The van der Waals surface area contributed by atoms with Crippen LogP contribution in [0.15, 0.2) is 12.4 Å². The Balaban J connectivity index is 1.71. The molecule has 3 aromatic rings. The van der Waals surface area contributed by atoms with Gasteiger partial charge in [0.2, 0.25) is 0 Å². The summed E-state index contributed by atoms with van der Waals surface area (Å²) in [7, 11) is 0. The Kier molecular flexibility index (Phi) is 3.66. The van der Waals surface area contributed by atoms with Crippen molar-refractivity contribution in [3.05, 3.63) is 29.7 Å². The zero-order chi connectivity index (χ0) is 16.7. The highest BCUT2D eigenvalue weighted by atomic mass is 15.4. The Labute approximate surface area is 140 Å². The van der Waals surface area contributed by atoms with Crippen LogP contribution in [-0.4, -0.2) is 46.9 Å². The van der Waals surface area contributed by atoms with E-state index in [9.17, 15) is 0 Å². The van der Waals surface area contributed by atoms with Gasteiger partial charge in [0.15, 0.2) is 0 Å². The number of fused-ring (bicyclic) bond motifs is 1. The first-order valence-electron chi connectivity index (χ1n) is 8.44. The normalized spacial score (nSPS) is 18.5. The van der Waals surface area contributed by atoms with Crippen LogP contribution in [0, 0.1) is 20.8 Å². The maximum atomic E-state index is 4.53. The third-order valence-corrected chi connectivity index (χ3v) is 4.63. The summed E-state index contributed by atoms with van der Waals surface area (Å²) in [4.78, 5) is 15.6. The lowest BCUT2D eigenvalue weighted by atomic mass is 10.0. The fourth-order valence-corrected chi connectivity index (χ4v) is 3.54. The zero-order valence-electron chi connectivity index (χ0n) is 14.3. The molecule has 0 amide bonds. The molecule has 0 N–H and O–H groups in total. The van der Waals surface area contributed by atoms with E-state index in [0.29, 0.717) is 11.8 Å². The molecule has 1 fully saturated rings. The molecule has 0 bridgehead atoms. The minimum absolute atomic E-state index is 0.368. The molecule has 1 saturated heterocycles. The third-order valence-electron chi connectivity index (χ3n) is 4.63. The number of nitrogens with zero attached hydrogens (tertiary/aromatic N) is 8. The summed E-state index contributed by atoms with van der Waals surface area (Å²) in [5, 5.41) is 8.90. The lowest BCUT2D eigenvalue weighted by Gasteiger charge is -2.37. The number of aromatic nitrogens is 7. The number of hydrogen-bond donors (Lipinski definition) is 0. The molecule has 3 aromatic heterocycles. The molecule has 0 saturated carbocycles. The van der Waals surface area contributed by atoms with E-state index in [0.717, 1.165) is 42.7 Å². The summed E-state index contributed by atoms with van der Waals surface area (Å²) >= 11 is 0. The van der Waals surface area contributed by atoms with E-state index in [2.05, 4.69) is 36.1 Å². The summed E-state index contributed by atoms with van der Waals surface area (Å²) in [6, 6.07) is 2.46. The van der Waals surface area contributed by atoms with Gasteiger partial charge >= 0.3 is 0 Å². The van der Waals surface area contributed by atoms with Crippen LogP contribution in [0.5, 0.6) is 0 Å². The van der Waals surface area contributed by atoms with Crippen LogP contribution in [0.25, 0.3) is 5.78 Å². The van der Waals surface area contributed by atoms with Crippen molar-refractivity contribution in [2.45, 2.75) is 52.6 Å². The fraction of sp³-hybridized carbons (Fsp3) is 0.562. The molecule has 4 heterocycles. The van der Waals surface area contributed by atoms with Crippen LogP contribution >= 0.6 is 0 Å². The Morgan fingerprint density at radius 1 is 1.17 bits per heavy atom. The van der Waals surface area contributed by atoms with Gasteiger partial charge in [-0.1, -0.05) is 0 Å². The summed E-state index contributed by atoms with van der Waals surface area (Å²) in [5.74, 6) is 3.51. The largest absolute Gasteiger partial charge is 0.352 e. The lowest BCUT2D eigenvalue weighted by molar-refractivity contribution is 0.390. The van der Waals surface area contributed by atoms with Crippen molar-refractivity contribution in [2.24, 2.45) is 0 Å². The van der Waals surface area contributed by atoms with Crippen molar-refractivity contribution in [3.8, 4) is 0 Å². The Morgan fingerprint density at radius 3 is 2.83 bits per heavy atom. The van der Waals surface area contributed by atoms with E-state index in [1.165, 1.54) is 12.8 Å². The van der Waals surface area contributed by atoms with Gasteiger partial charge in [-0.25, -0.2) is 14.6 Å². The van der Waals surface area contributed by atoms with Crippen LogP contribution < -0.4 is 4.90 Å². The van der Waals surface area contributed by atoms with Crippen LogP contribution in [-0.2, 0) is 6.54 Å². The van der Waals surface area contributed by atoms with Crippen molar-refractivity contribution < 1.29 is 0 Å². The predicted octanol–water partition coefficient (Wildman–Crippen LogP) is 1.70. The highest BCUT2D eigenvalue weighted by molar-refractivity contribution is 5.48. The second kappa shape index (κ2) is 5.85. The quantitative estimate of drug-likeness (QED) is 0.729. The number of hydrogen-bond acceptors (Lipinski definition) is 6. The van der Waals surface area contributed by atoms with E-state index >= 15 is 0 Å². The molecule has 4 rings (SSSR count). The van der Waals surface area contributed by atoms with Gasteiger partial charge in [0.1, 0.15) is 23.8 Å². The Hall–Kier alpha value is -2.51. The number of anilines is 1. The second-order valence-corrected chi connectivity index (χ2v) is 6.46. The molecular weight excluding hydrogens is 304 g/mol. The number of rotatable bonds is 3. The molecule has 126 valence electrons. The molecule has 0 aliphatic carbocycles. The van der Waals surface area contributed by atoms with Gasteiger partial charge in [0.05, 0.1) is 12.6 Å². The van der Waals surface area contributed by atoms with Crippen LogP contribution in [0.3, 0.4) is 0 Å². The highest BCUT2D eigenvalue weighted by Gasteiger charge is 2.26. The van der Waals surface area contributed by atoms with Gasteiger partial charge in [-0.05, 0) is 40.0 Å². The van der Waals surface area contributed by atoms with Gasteiger partial charge in [-0.3, -0.25) is 0 Å². The molecule has 8 heteroatoms. The minimum atomic E-state index is 0.368. The maximum Gasteiger partial charge on any atom is 0.254 e. The SMILES string of the molecule is Cc1cc(N2CCCC[C@@H]2Cn2nc(C)nc2C)n2ncnc2n1. The van der Waals surface area contributed by atoms with Gasteiger partial charge < -0.3 is 4.90 Å². The zero-order valence-corrected chi connectivity index (χ0v) is 14.3. The van der Waals surface area contributed by atoms with Crippen molar-refractivity contribution >= 4 is 11.6 Å². The van der Waals surface area contributed by atoms with E-state index < -0.39 is 0 Å². The van der Waals surface area contributed by atoms with Gasteiger partial charge in [0, 0.05) is 18.3 Å². The number of aryl methyl sites for hydroxylation is 3. The summed E-state index contributed by atoms with van der Waals surface area (Å²) in [5.41, 5.74) is 0.961. The first-order chi connectivity index (χ1) is 11.6. The monoisotopic (exact) mass is 326 g/mol. The fourth-order valence-electron chi connectivity index (χ4n) is 3.54. The van der Waals surface area contributed by atoms with Crippen LogP contribution in [0.1, 0.15) is 36.6 Å². The molecule has 24 heavy (non-hydrogen) atoms. The lowest BCUT2D eigenvalue weighted by Crippen LogP contribution is -2.43. The first kappa shape index (κ1) is 15.0. The first-order valence-corrected chi connectivity index (χ1v) is 8.44.